The van der Waals surface area contributed by atoms with Crippen LogP contribution in [0.2, 0.25) is 0 Å². The van der Waals surface area contributed by atoms with Gasteiger partial charge in [0.15, 0.2) is 0 Å². The van der Waals surface area contributed by atoms with Gasteiger partial charge in [-0.25, -0.2) is 0 Å². The van der Waals surface area contributed by atoms with Crippen LogP contribution in [0.4, 0.5) is 5.00 Å². The molecule has 1 aromatic heterocycles. The van der Waals surface area contributed by atoms with Gasteiger partial charge in [0.1, 0.15) is 0 Å². The van der Waals surface area contributed by atoms with Crippen LogP contribution in [0.25, 0.3) is 0 Å². The van der Waals surface area contributed by atoms with E-state index in [2.05, 4.69) is 31.9 Å². The van der Waals surface area contributed by atoms with Crippen molar-refractivity contribution in [2.75, 3.05) is 5.73 Å². The second-order valence-corrected chi connectivity index (χ2v) is 4.53. The zero-order chi connectivity index (χ0) is 6.15. The Bertz CT molecular complexity index is 176. The molecule has 1 rings (SSSR count). The van der Waals surface area contributed by atoms with Crippen molar-refractivity contribution in [2.45, 2.75) is 0 Å². The Hall–Kier alpha value is 0.460. The van der Waals surface area contributed by atoms with Gasteiger partial charge < -0.3 is 5.73 Å². The molecule has 0 aliphatic rings. The predicted octanol–water partition coefficient (Wildman–Crippen LogP) is 2.86. The van der Waals surface area contributed by atoms with E-state index in [1.807, 2.05) is 6.07 Å². The first kappa shape index (κ1) is 6.58. The molecular formula is C4H3Br2NS. The average molecular weight is 257 g/mol. The molecule has 0 spiro atoms. The van der Waals surface area contributed by atoms with Crippen molar-refractivity contribution in [1.82, 2.24) is 0 Å². The minimum Gasteiger partial charge on any atom is -0.391 e. The van der Waals surface area contributed by atoms with Gasteiger partial charge in [0.25, 0.3) is 0 Å². The summed E-state index contributed by atoms with van der Waals surface area (Å²) in [5, 5.41) is 0.823. The first-order valence-electron chi connectivity index (χ1n) is 1.90. The smallest absolute Gasteiger partial charge is 0.0880 e. The van der Waals surface area contributed by atoms with Crippen molar-refractivity contribution < 1.29 is 0 Å². The normalized spacial score (nSPS) is 9.75. The number of thiophene rings is 1. The summed E-state index contributed by atoms with van der Waals surface area (Å²) in [5.74, 6) is 0. The van der Waals surface area contributed by atoms with Gasteiger partial charge in [-0.05, 0) is 37.9 Å². The van der Waals surface area contributed by atoms with Crippen LogP contribution < -0.4 is 5.73 Å². The standard InChI is InChI=1S/C4H3Br2NS/c5-2-1-3(7)8-4(2)6/h1H,7H2. The van der Waals surface area contributed by atoms with Gasteiger partial charge >= 0.3 is 0 Å². The zero-order valence-corrected chi connectivity index (χ0v) is 7.81. The average Bonchev–Trinajstić information content (AvgIpc) is 1.85. The fourth-order valence-corrected chi connectivity index (χ4v) is 2.22. The molecule has 1 nitrogen and oxygen atoms in total. The number of hydrogen-bond acceptors (Lipinski definition) is 2. The minimum atomic E-state index is 0.823. The molecule has 0 aliphatic carbocycles. The summed E-state index contributed by atoms with van der Waals surface area (Å²) in [6.45, 7) is 0. The molecule has 0 atom stereocenters. The van der Waals surface area contributed by atoms with Gasteiger partial charge in [-0.15, -0.1) is 11.3 Å². The van der Waals surface area contributed by atoms with Gasteiger partial charge in [0.2, 0.25) is 0 Å². The highest BCUT2D eigenvalue weighted by atomic mass is 79.9. The van der Waals surface area contributed by atoms with Gasteiger partial charge in [-0.1, -0.05) is 0 Å². The first-order valence-corrected chi connectivity index (χ1v) is 4.30. The van der Waals surface area contributed by atoms with E-state index in [9.17, 15) is 0 Å². The van der Waals surface area contributed by atoms with Gasteiger partial charge in [0, 0.05) is 4.47 Å². The predicted molar refractivity (Wildman–Crippen MR) is 44.1 cm³/mol. The summed E-state index contributed by atoms with van der Waals surface area (Å²) < 4.78 is 2.08. The zero-order valence-electron chi connectivity index (χ0n) is 3.82. The molecule has 2 N–H and O–H groups in total. The summed E-state index contributed by atoms with van der Waals surface area (Å²) in [7, 11) is 0. The summed E-state index contributed by atoms with van der Waals surface area (Å²) in [6.07, 6.45) is 0. The highest BCUT2D eigenvalue weighted by molar-refractivity contribution is 9.13. The highest BCUT2D eigenvalue weighted by Gasteiger charge is 1.98. The maximum Gasteiger partial charge on any atom is 0.0880 e. The summed E-state index contributed by atoms with van der Waals surface area (Å²) in [6, 6.07) is 1.87. The van der Waals surface area contributed by atoms with Crippen LogP contribution in [0.15, 0.2) is 14.3 Å². The maximum absolute atomic E-state index is 5.44. The lowest BCUT2D eigenvalue weighted by Crippen LogP contribution is -1.72. The number of nitrogen functional groups attached to an aromatic ring is 1. The van der Waals surface area contributed by atoms with E-state index in [1.165, 1.54) is 11.3 Å². The molecule has 1 heterocycles. The van der Waals surface area contributed by atoms with E-state index in [0.717, 1.165) is 13.3 Å². The fourth-order valence-electron chi connectivity index (χ4n) is 0.363. The molecule has 0 amide bonds. The van der Waals surface area contributed by atoms with Gasteiger partial charge in [0.05, 0.1) is 8.79 Å². The summed E-state index contributed by atoms with van der Waals surface area (Å²) >= 11 is 8.12. The van der Waals surface area contributed by atoms with Crippen LogP contribution in [0.3, 0.4) is 0 Å². The van der Waals surface area contributed by atoms with Crippen molar-refractivity contribution in [3.05, 3.63) is 14.3 Å². The van der Waals surface area contributed by atoms with Crippen LogP contribution >= 0.6 is 43.2 Å². The number of halogens is 2. The van der Waals surface area contributed by atoms with Crippen LogP contribution in [-0.2, 0) is 0 Å². The van der Waals surface area contributed by atoms with E-state index in [0.29, 0.717) is 0 Å². The lowest BCUT2D eigenvalue weighted by atomic mass is 10.6. The largest absolute Gasteiger partial charge is 0.391 e. The Morgan fingerprint density at radius 2 is 2.12 bits per heavy atom. The molecular weight excluding hydrogens is 254 g/mol. The molecule has 0 radical (unpaired) electrons. The second-order valence-electron chi connectivity index (χ2n) is 1.27. The third-order valence-electron chi connectivity index (χ3n) is 0.664. The van der Waals surface area contributed by atoms with Crippen molar-refractivity contribution in [3.8, 4) is 0 Å². The summed E-state index contributed by atoms with van der Waals surface area (Å²) in [5.41, 5.74) is 5.44. The molecule has 4 heteroatoms. The fraction of sp³-hybridized carbons (Fsp3) is 0. The van der Waals surface area contributed by atoms with E-state index in [1.54, 1.807) is 0 Å². The molecule has 1 aromatic rings. The van der Waals surface area contributed by atoms with Crippen LogP contribution in [0.5, 0.6) is 0 Å². The Morgan fingerprint density at radius 1 is 1.50 bits per heavy atom. The number of hydrogen-bond donors (Lipinski definition) is 1. The number of anilines is 1. The Morgan fingerprint density at radius 3 is 2.25 bits per heavy atom. The van der Waals surface area contributed by atoms with Crippen LogP contribution in [0.1, 0.15) is 0 Å². The SMILES string of the molecule is Nc1cc(Br)c(Br)s1. The molecule has 0 saturated carbocycles. The Balaban J connectivity index is 3.14. The maximum atomic E-state index is 5.44. The van der Waals surface area contributed by atoms with E-state index >= 15 is 0 Å². The Kier molecular flexibility index (Phi) is 1.95. The van der Waals surface area contributed by atoms with Crippen molar-refractivity contribution in [2.24, 2.45) is 0 Å². The van der Waals surface area contributed by atoms with Crippen molar-refractivity contribution in [3.63, 3.8) is 0 Å². The second kappa shape index (κ2) is 2.37. The van der Waals surface area contributed by atoms with Crippen LogP contribution in [-0.4, -0.2) is 0 Å². The molecule has 0 unspecified atom stereocenters. The van der Waals surface area contributed by atoms with Crippen molar-refractivity contribution in [1.29, 1.82) is 0 Å². The number of nitrogens with two attached hydrogens (primary N) is 1. The topological polar surface area (TPSA) is 26.0 Å². The van der Waals surface area contributed by atoms with Crippen molar-refractivity contribution >= 4 is 48.2 Å². The third kappa shape index (κ3) is 1.24. The van der Waals surface area contributed by atoms with Gasteiger partial charge in [-0.3, -0.25) is 0 Å². The highest BCUT2D eigenvalue weighted by Crippen LogP contribution is 2.33. The molecule has 0 aromatic carbocycles. The lowest BCUT2D eigenvalue weighted by molar-refractivity contribution is 1.82. The quantitative estimate of drug-likeness (QED) is 0.759. The summed E-state index contributed by atoms with van der Waals surface area (Å²) in [4.78, 5) is 0. The molecule has 0 aliphatic heterocycles. The minimum absolute atomic E-state index is 0.823. The lowest BCUT2D eigenvalue weighted by Gasteiger charge is -1.74. The Labute approximate surface area is 68.1 Å². The number of rotatable bonds is 0. The van der Waals surface area contributed by atoms with E-state index in [4.69, 9.17) is 5.73 Å². The monoisotopic (exact) mass is 255 g/mol. The molecule has 44 valence electrons. The van der Waals surface area contributed by atoms with E-state index in [-0.39, 0.29) is 0 Å². The van der Waals surface area contributed by atoms with E-state index < -0.39 is 0 Å². The molecule has 0 fully saturated rings. The molecule has 0 bridgehead atoms. The molecule has 0 saturated heterocycles. The van der Waals surface area contributed by atoms with Gasteiger partial charge in [-0.2, -0.15) is 0 Å². The van der Waals surface area contributed by atoms with Crippen LogP contribution in [0, 0.1) is 0 Å². The third-order valence-corrected chi connectivity index (χ3v) is 3.75. The first-order chi connectivity index (χ1) is 3.70. The molecule has 8 heavy (non-hydrogen) atoms.